The molecular formula is C10H11N5O. The molecule has 2 aromatic rings. The van der Waals surface area contributed by atoms with Crippen molar-refractivity contribution in [3.63, 3.8) is 0 Å². The summed E-state index contributed by atoms with van der Waals surface area (Å²) in [5.41, 5.74) is 3.05. The molecule has 0 fully saturated rings. The van der Waals surface area contributed by atoms with Crippen LogP contribution in [0.2, 0.25) is 0 Å². The van der Waals surface area contributed by atoms with E-state index in [4.69, 9.17) is 17.0 Å². The fourth-order valence-electron chi connectivity index (χ4n) is 1.25. The zero-order chi connectivity index (χ0) is 11.5. The first kappa shape index (κ1) is 10.3. The Morgan fingerprint density at radius 2 is 2.50 bits per heavy atom. The highest BCUT2D eigenvalue weighted by Crippen LogP contribution is 2.19. The molecule has 0 saturated carbocycles. The van der Waals surface area contributed by atoms with Crippen LogP contribution in [0, 0.1) is 12.3 Å². The van der Waals surface area contributed by atoms with Crippen LogP contribution in [0.25, 0.3) is 5.65 Å². The maximum Gasteiger partial charge on any atom is 0.261 e. The van der Waals surface area contributed by atoms with Crippen LogP contribution < -0.4 is 16.0 Å². The smallest absolute Gasteiger partial charge is 0.261 e. The molecule has 2 aromatic heterocycles. The monoisotopic (exact) mass is 217 g/mol. The lowest BCUT2D eigenvalue weighted by Crippen LogP contribution is -2.14. The van der Waals surface area contributed by atoms with Gasteiger partial charge in [0, 0.05) is 12.4 Å². The molecule has 0 bridgehead atoms. The van der Waals surface area contributed by atoms with Gasteiger partial charge < -0.3 is 10.2 Å². The minimum atomic E-state index is -0.374. The molecule has 2 heterocycles. The summed E-state index contributed by atoms with van der Waals surface area (Å²) in [6.45, 7) is 1.75. The van der Waals surface area contributed by atoms with E-state index < -0.39 is 0 Å². The van der Waals surface area contributed by atoms with Crippen molar-refractivity contribution in [3.8, 4) is 18.2 Å². The first-order chi connectivity index (χ1) is 7.74. The number of nitrogens with two attached hydrogens (primary N) is 1. The molecule has 2 rings (SSSR count). The zero-order valence-corrected chi connectivity index (χ0v) is 8.71. The number of fused-ring (bicyclic) bond motifs is 1. The van der Waals surface area contributed by atoms with Gasteiger partial charge in [-0.2, -0.15) is 4.98 Å². The van der Waals surface area contributed by atoms with Crippen LogP contribution in [0.5, 0.6) is 5.88 Å². The quantitative estimate of drug-likeness (QED) is 0.442. The van der Waals surface area contributed by atoms with E-state index >= 15 is 0 Å². The van der Waals surface area contributed by atoms with Gasteiger partial charge in [0.2, 0.25) is 5.65 Å². The standard InChI is InChI=1S/C10H11N5O/c1-3-7(2)16-10-9-12-4-5-15(9)6-8(13-10)14-11/h1,4-7,14H,11H2,2H3. The molecule has 3 N–H and O–H groups in total. The lowest BCUT2D eigenvalue weighted by molar-refractivity contribution is 0.270. The average molecular weight is 217 g/mol. The van der Waals surface area contributed by atoms with Gasteiger partial charge in [0.05, 0.1) is 6.20 Å². The SMILES string of the molecule is C#CC(C)Oc1nc(NN)cn2ccnc12. The second-order valence-electron chi connectivity index (χ2n) is 3.16. The molecule has 0 spiro atoms. The van der Waals surface area contributed by atoms with E-state index in [2.05, 4.69) is 21.3 Å². The van der Waals surface area contributed by atoms with E-state index in [1.165, 1.54) is 0 Å². The number of imidazole rings is 1. The summed E-state index contributed by atoms with van der Waals surface area (Å²) in [6.07, 6.45) is 9.98. The van der Waals surface area contributed by atoms with Crippen molar-refractivity contribution in [2.24, 2.45) is 5.84 Å². The normalized spacial score (nSPS) is 12.1. The molecule has 0 amide bonds. The fourth-order valence-corrected chi connectivity index (χ4v) is 1.25. The van der Waals surface area contributed by atoms with Crippen molar-refractivity contribution in [2.45, 2.75) is 13.0 Å². The van der Waals surface area contributed by atoms with Crippen LogP contribution in [-0.4, -0.2) is 20.5 Å². The second kappa shape index (κ2) is 4.08. The Kier molecular flexibility index (Phi) is 2.62. The third-order valence-corrected chi connectivity index (χ3v) is 2.01. The van der Waals surface area contributed by atoms with Crippen LogP contribution in [0.15, 0.2) is 18.6 Å². The van der Waals surface area contributed by atoms with Gasteiger partial charge in [-0.15, -0.1) is 6.42 Å². The number of nitrogens with one attached hydrogen (secondary N) is 1. The Morgan fingerprint density at radius 3 is 3.19 bits per heavy atom. The molecule has 0 aliphatic rings. The number of aromatic nitrogens is 3. The van der Waals surface area contributed by atoms with Crippen LogP contribution in [0.1, 0.15) is 6.92 Å². The maximum atomic E-state index is 5.45. The molecule has 16 heavy (non-hydrogen) atoms. The number of hydrogen-bond donors (Lipinski definition) is 2. The van der Waals surface area contributed by atoms with E-state index in [-0.39, 0.29) is 6.10 Å². The number of rotatable bonds is 3. The van der Waals surface area contributed by atoms with Gasteiger partial charge in [0.1, 0.15) is 0 Å². The minimum absolute atomic E-state index is 0.353. The van der Waals surface area contributed by atoms with E-state index in [0.29, 0.717) is 17.3 Å². The van der Waals surface area contributed by atoms with E-state index in [0.717, 1.165) is 0 Å². The number of nitrogen functional groups attached to an aromatic ring is 1. The summed E-state index contributed by atoms with van der Waals surface area (Å²) in [5.74, 6) is 8.59. The molecule has 0 aromatic carbocycles. The predicted molar refractivity (Wildman–Crippen MR) is 59.7 cm³/mol. The second-order valence-corrected chi connectivity index (χ2v) is 3.16. The van der Waals surface area contributed by atoms with Crippen LogP contribution >= 0.6 is 0 Å². The van der Waals surface area contributed by atoms with E-state index in [1.807, 2.05) is 0 Å². The number of terminal acetylenes is 1. The van der Waals surface area contributed by atoms with Crippen molar-refractivity contribution in [1.82, 2.24) is 14.4 Å². The molecule has 0 saturated heterocycles. The molecule has 0 aliphatic carbocycles. The summed E-state index contributed by atoms with van der Waals surface area (Å²) in [5, 5.41) is 0. The third kappa shape index (κ3) is 1.76. The van der Waals surface area contributed by atoms with Gasteiger partial charge in [-0.3, -0.25) is 4.40 Å². The van der Waals surface area contributed by atoms with Crippen molar-refractivity contribution in [2.75, 3.05) is 5.43 Å². The summed E-state index contributed by atoms with van der Waals surface area (Å²) < 4.78 is 7.20. The van der Waals surface area contributed by atoms with Gasteiger partial charge in [-0.05, 0) is 6.92 Å². The number of nitrogens with zero attached hydrogens (tertiary/aromatic N) is 3. The first-order valence-corrected chi connectivity index (χ1v) is 4.67. The number of hydrazine groups is 1. The molecule has 1 atom stereocenters. The zero-order valence-electron chi connectivity index (χ0n) is 8.71. The molecule has 6 nitrogen and oxygen atoms in total. The lowest BCUT2D eigenvalue weighted by atomic mass is 10.4. The van der Waals surface area contributed by atoms with Gasteiger partial charge in [-0.1, -0.05) is 5.92 Å². The number of hydrogen-bond acceptors (Lipinski definition) is 5. The van der Waals surface area contributed by atoms with Crippen LogP contribution in [0.3, 0.4) is 0 Å². The molecule has 82 valence electrons. The van der Waals surface area contributed by atoms with Crippen molar-refractivity contribution >= 4 is 11.5 Å². The largest absolute Gasteiger partial charge is 0.459 e. The minimum Gasteiger partial charge on any atom is -0.459 e. The summed E-state index contributed by atoms with van der Waals surface area (Å²) in [4.78, 5) is 8.26. The van der Waals surface area contributed by atoms with Crippen molar-refractivity contribution < 1.29 is 4.74 Å². The summed E-state index contributed by atoms with van der Waals surface area (Å²) in [6, 6.07) is 0. The van der Waals surface area contributed by atoms with Gasteiger partial charge in [0.15, 0.2) is 11.9 Å². The Labute approximate surface area is 92.4 Å². The Bertz CT molecular complexity index is 542. The topological polar surface area (TPSA) is 77.5 Å². The third-order valence-electron chi connectivity index (χ3n) is 2.01. The highest BCUT2D eigenvalue weighted by molar-refractivity contribution is 5.53. The molecule has 0 radical (unpaired) electrons. The summed E-state index contributed by atoms with van der Waals surface area (Å²) in [7, 11) is 0. The Balaban J connectivity index is 2.49. The highest BCUT2D eigenvalue weighted by Gasteiger charge is 2.10. The van der Waals surface area contributed by atoms with Gasteiger partial charge in [0.25, 0.3) is 5.88 Å². The molecule has 6 heteroatoms. The molecule has 0 aliphatic heterocycles. The highest BCUT2D eigenvalue weighted by atomic mass is 16.5. The lowest BCUT2D eigenvalue weighted by Gasteiger charge is -2.10. The van der Waals surface area contributed by atoms with Crippen LogP contribution in [-0.2, 0) is 0 Å². The molecular weight excluding hydrogens is 206 g/mol. The van der Waals surface area contributed by atoms with E-state index in [9.17, 15) is 0 Å². The fraction of sp³-hybridized carbons (Fsp3) is 0.200. The molecule has 1 unspecified atom stereocenters. The number of ether oxygens (including phenoxy) is 1. The Morgan fingerprint density at radius 1 is 1.69 bits per heavy atom. The average Bonchev–Trinajstić information content (AvgIpc) is 2.76. The van der Waals surface area contributed by atoms with E-state index in [1.54, 1.807) is 29.9 Å². The van der Waals surface area contributed by atoms with Crippen LogP contribution in [0.4, 0.5) is 5.82 Å². The van der Waals surface area contributed by atoms with Gasteiger partial charge in [-0.25, -0.2) is 10.8 Å². The van der Waals surface area contributed by atoms with Crippen molar-refractivity contribution in [1.29, 1.82) is 0 Å². The Hall–Kier alpha value is -2.26. The predicted octanol–water partition coefficient (Wildman–Crippen LogP) is 0.415. The maximum absolute atomic E-state index is 5.45. The van der Waals surface area contributed by atoms with Gasteiger partial charge >= 0.3 is 0 Å². The van der Waals surface area contributed by atoms with Crippen molar-refractivity contribution in [3.05, 3.63) is 18.6 Å². The number of anilines is 1. The first-order valence-electron chi connectivity index (χ1n) is 4.67. The summed E-state index contributed by atoms with van der Waals surface area (Å²) >= 11 is 0.